The zero-order chi connectivity index (χ0) is 24.9. The first-order valence-electron chi connectivity index (χ1n) is 11.6. The third-order valence-electron chi connectivity index (χ3n) is 5.38. The highest BCUT2D eigenvalue weighted by atomic mass is 16.7. The second kappa shape index (κ2) is 14.7. The normalized spacial score (nSPS) is 11.2. The lowest BCUT2D eigenvalue weighted by Crippen LogP contribution is -2.02. The van der Waals surface area contributed by atoms with E-state index in [1.54, 1.807) is 28.4 Å². The van der Waals surface area contributed by atoms with Crippen LogP contribution in [0.3, 0.4) is 0 Å². The Morgan fingerprint density at radius 3 is 1.23 bits per heavy atom. The predicted molar refractivity (Wildman–Crippen MR) is 136 cm³/mol. The third-order valence-corrected chi connectivity index (χ3v) is 5.38. The first kappa shape index (κ1) is 27.0. The molecule has 0 aliphatic carbocycles. The summed E-state index contributed by atoms with van der Waals surface area (Å²) in [6.45, 7) is 3.34. The van der Waals surface area contributed by atoms with Crippen molar-refractivity contribution in [2.24, 2.45) is 0 Å². The van der Waals surface area contributed by atoms with Gasteiger partial charge in [-0.1, -0.05) is 36.4 Å². The summed E-state index contributed by atoms with van der Waals surface area (Å²) in [4.78, 5) is 0. The lowest BCUT2D eigenvalue weighted by Gasteiger charge is -2.13. The Kier molecular flexibility index (Phi) is 11.4. The van der Waals surface area contributed by atoms with Gasteiger partial charge in [-0.05, 0) is 68.8 Å². The number of ether oxygens (including phenoxy) is 6. The SMILES string of the molecule is COCc1cccc(COCOCc2cc(COC)cc(-c3cc(COC)cc(COC)c3)c2)c1. The molecule has 0 unspecified atom stereocenters. The Bertz CT molecular complexity index is 1020. The maximum Gasteiger partial charge on any atom is 0.147 e. The van der Waals surface area contributed by atoms with E-state index >= 15 is 0 Å². The van der Waals surface area contributed by atoms with E-state index in [2.05, 4.69) is 42.5 Å². The molecule has 35 heavy (non-hydrogen) atoms. The fraction of sp³-hybridized carbons (Fsp3) is 0.379. The number of hydrogen-bond acceptors (Lipinski definition) is 6. The molecule has 0 radical (unpaired) electrons. The Morgan fingerprint density at radius 1 is 0.429 bits per heavy atom. The first-order chi connectivity index (χ1) is 17.1. The van der Waals surface area contributed by atoms with E-state index in [1.165, 1.54) is 0 Å². The molecule has 3 aromatic rings. The van der Waals surface area contributed by atoms with E-state index in [9.17, 15) is 0 Å². The molecule has 0 atom stereocenters. The van der Waals surface area contributed by atoms with Crippen LogP contribution < -0.4 is 0 Å². The summed E-state index contributed by atoms with van der Waals surface area (Å²) in [5, 5.41) is 0. The van der Waals surface area contributed by atoms with Crippen molar-refractivity contribution in [3.05, 3.63) is 94.0 Å². The molecule has 0 aromatic heterocycles. The average molecular weight is 481 g/mol. The number of hydrogen-bond donors (Lipinski definition) is 0. The van der Waals surface area contributed by atoms with Crippen LogP contribution in [0.2, 0.25) is 0 Å². The highest BCUT2D eigenvalue weighted by molar-refractivity contribution is 5.67. The standard InChI is InChI=1S/C29H36O6/c1-30-15-22-6-5-7-23(8-22)19-34-21-35-20-27-10-26(18-33-4)13-29(14-27)28-11-24(16-31-2)9-25(12-28)17-32-3/h5-14H,15-21H2,1-4H3. The van der Waals surface area contributed by atoms with Crippen molar-refractivity contribution in [1.82, 2.24) is 0 Å². The Labute approximate surface area is 208 Å². The van der Waals surface area contributed by atoms with Crippen molar-refractivity contribution in [3.63, 3.8) is 0 Å². The van der Waals surface area contributed by atoms with Crippen LogP contribution in [-0.2, 0) is 68.1 Å². The largest absolute Gasteiger partial charge is 0.380 e. The van der Waals surface area contributed by atoms with Gasteiger partial charge in [-0.3, -0.25) is 0 Å². The topological polar surface area (TPSA) is 55.4 Å². The zero-order valence-electron chi connectivity index (χ0n) is 21.2. The van der Waals surface area contributed by atoms with E-state index in [-0.39, 0.29) is 6.79 Å². The average Bonchev–Trinajstić information content (AvgIpc) is 2.85. The lowest BCUT2D eigenvalue weighted by atomic mass is 9.96. The molecule has 0 saturated heterocycles. The highest BCUT2D eigenvalue weighted by Crippen LogP contribution is 2.27. The third kappa shape index (κ3) is 8.85. The monoisotopic (exact) mass is 480 g/mol. The van der Waals surface area contributed by atoms with E-state index < -0.39 is 0 Å². The molecule has 0 N–H and O–H groups in total. The van der Waals surface area contributed by atoms with Crippen LogP contribution in [0.5, 0.6) is 0 Å². The summed E-state index contributed by atoms with van der Waals surface area (Å²) in [7, 11) is 6.80. The molecular formula is C29H36O6. The van der Waals surface area contributed by atoms with Gasteiger partial charge < -0.3 is 28.4 Å². The molecule has 188 valence electrons. The summed E-state index contributed by atoms with van der Waals surface area (Å²) in [6.07, 6.45) is 0. The molecule has 0 heterocycles. The molecule has 0 amide bonds. The van der Waals surface area contributed by atoms with Crippen molar-refractivity contribution in [3.8, 4) is 11.1 Å². The molecule has 0 spiro atoms. The van der Waals surface area contributed by atoms with Gasteiger partial charge >= 0.3 is 0 Å². The summed E-state index contributed by atoms with van der Waals surface area (Å²) in [6, 6.07) is 21.0. The van der Waals surface area contributed by atoms with Crippen molar-refractivity contribution >= 4 is 0 Å². The van der Waals surface area contributed by atoms with Crippen LogP contribution in [0.4, 0.5) is 0 Å². The van der Waals surface area contributed by atoms with Gasteiger partial charge in [-0.15, -0.1) is 0 Å². The van der Waals surface area contributed by atoms with Crippen LogP contribution >= 0.6 is 0 Å². The number of benzene rings is 3. The van der Waals surface area contributed by atoms with Crippen molar-refractivity contribution in [2.75, 3.05) is 35.2 Å². The zero-order valence-corrected chi connectivity index (χ0v) is 21.2. The van der Waals surface area contributed by atoms with Gasteiger partial charge in [0.15, 0.2) is 0 Å². The fourth-order valence-electron chi connectivity index (χ4n) is 4.05. The van der Waals surface area contributed by atoms with Gasteiger partial charge in [-0.25, -0.2) is 0 Å². The Morgan fingerprint density at radius 2 is 0.771 bits per heavy atom. The van der Waals surface area contributed by atoms with Crippen LogP contribution in [0.1, 0.15) is 33.4 Å². The Balaban J connectivity index is 1.67. The van der Waals surface area contributed by atoms with E-state index in [4.69, 9.17) is 28.4 Å². The molecule has 6 nitrogen and oxygen atoms in total. The maximum atomic E-state index is 5.84. The smallest absolute Gasteiger partial charge is 0.147 e. The van der Waals surface area contributed by atoms with Gasteiger partial charge in [0.1, 0.15) is 6.79 Å². The second-order valence-corrected chi connectivity index (χ2v) is 8.44. The van der Waals surface area contributed by atoms with Gasteiger partial charge in [0.2, 0.25) is 0 Å². The van der Waals surface area contributed by atoms with Crippen molar-refractivity contribution in [2.45, 2.75) is 39.6 Å². The van der Waals surface area contributed by atoms with E-state index in [0.717, 1.165) is 44.5 Å². The van der Waals surface area contributed by atoms with Crippen LogP contribution in [-0.4, -0.2) is 35.2 Å². The van der Waals surface area contributed by atoms with Gasteiger partial charge in [0.25, 0.3) is 0 Å². The second-order valence-electron chi connectivity index (χ2n) is 8.44. The number of methoxy groups -OCH3 is 4. The Hall–Kier alpha value is -2.58. The maximum absolute atomic E-state index is 5.84. The molecule has 0 aliphatic heterocycles. The summed E-state index contributed by atoms with van der Waals surface area (Å²) >= 11 is 0. The minimum absolute atomic E-state index is 0.208. The van der Waals surface area contributed by atoms with E-state index in [0.29, 0.717) is 39.6 Å². The summed E-state index contributed by atoms with van der Waals surface area (Å²) in [5.74, 6) is 0. The molecule has 6 heteroatoms. The van der Waals surface area contributed by atoms with Crippen LogP contribution in [0.15, 0.2) is 60.7 Å². The molecular weight excluding hydrogens is 444 g/mol. The molecule has 3 aromatic carbocycles. The van der Waals surface area contributed by atoms with Crippen molar-refractivity contribution in [1.29, 1.82) is 0 Å². The molecule has 0 bridgehead atoms. The number of rotatable bonds is 15. The van der Waals surface area contributed by atoms with Gasteiger partial charge in [-0.2, -0.15) is 0 Å². The van der Waals surface area contributed by atoms with Crippen LogP contribution in [0, 0.1) is 0 Å². The fourth-order valence-corrected chi connectivity index (χ4v) is 4.05. The highest BCUT2D eigenvalue weighted by Gasteiger charge is 2.08. The molecule has 0 aliphatic rings. The lowest BCUT2D eigenvalue weighted by molar-refractivity contribution is -0.0690. The minimum Gasteiger partial charge on any atom is -0.380 e. The predicted octanol–water partition coefficient (Wildman–Crippen LogP) is 5.63. The van der Waals surface area contributed by atoms with Crippen LogP contribution in [0.25, 0.3) is 11.1 Å². The van der Waals surface area contributed by atoms with Gasteiger partial charge in [0.05, 0.1) is 39.6 Å². The molecule has 3 rings (SSSR count). The molecule has 0 fully saturated rings. The van der Waals surface area contributed by atoms with Gasteiger partial charge in [0, 0.05) is 28.4 Å². The summed E-state index contributed by atoms with van der Waals surface area (Å²) < 4.78 is 32.9. The van der Waals surface area contributed by atoms with Crippen molar-refractivity contribution < 1.29 is 28.4 Å². The van der Waals surface area contributed by atoms with E-state index in [1.807, 2.05) is 18.2 Å². The minimum atomic E-state index is 0.208. The first-order valence-corrected chi connectivity index (χ1v) is 11.6. The molecule has 0 saturated carbocycles. The quantitative estimate of drug-likeness (QED) is 0.208. The summed E-state index contributed by atoms with van der Waals surface area (Å²) in [5.41, 5.74) is 8.79.